The average Bonchev–Trinajstić information content (AvgIpc) is 2.64. The van der Waals surface area contributed by atoms with Crippen LogP contribution in [0.3, 0.4) is 0 Å². The van der Waals surface area contributed by atoms with E-state index >= 15 is 0 Å². The molecule has 0 aromatic rings. The molecule has 2 rings (SSSR count). The molecule has 154 valence electrons. The Balaban J connectivity index is 2.13. The summed E-state index contributed by atoms with van der Waals surface area (Å²) >= 11 is 0. The lowest BCUT2D eigenvalue weighted by molar-refractivity contribution is -0.355. The third-order valence-corrected chi connectivity index (χ3v) is 4.74. The number of aliphatic hydroxyl groups excluding tert-OH is 6. The maximum Gasteiger partial charge on any atom is 0.186 e. The van der Waals surface area contributed by atoms with E-state index in [1.54, 1.807) is 6.92 Å². The highest BCUT2D eigenvalue weighted by molar-refractivity contribution is 4.93. The van der Waals surface area contributed by atoms with Crippen LogP contribution < -0.4 is 5.73 Å². The Morgan fingerprint density at radius 2 is 1.42 bits per heavy atom. The lowest BCUT2D eigenvalue weighted by Gasteiger charge is -2.46. The standard InChI is InChI=1S/C15H29NO10/c1-6-9(19)7(4-17)25-15(10(6)20)26-13-11(21)8(5-18)24-14(12(13)22)23-3-2-16/h6-15,17-22H,2-5,16H2,1H3/t6-,7+,8+,9-,10-,11+,12-,13-,14+,15+/m0/s1. The van der Waals surface area contributed by atoms with Crippen LogP contribution in [-0.2, 0) is 18.9 Å². The van der Waals surface area contributed by atoms with Crippen LogP contribution in [0.1, 0.15) is 6.92 Å². The van der Waals surface area contributed by atoms with Crippen molar-refractivity contribution in [2.75, 3.05) is 26.4 Å². The van der Waals surface area contributed by atoms with E-state index in [2.05, 4.69) is 0 Å². The summed E-state index contributed by atoms with van der Waals surface area (Å²) in [5.74, 6) is -0.682. The molecular weight excluding hydrogens is 354 g/mol. The van der Waals surface area contributed by atoms with E-state index in [1.165, 1.54) is 0 Å². The van der Waals surface area contributed by atoms with Crippen molar-refractivity contribution in [3.63, 3.8) is 0 Å². The van der Waals surface area contributed by atoms with Crippen molar-refractivity contribution in [1.82, 2.24) is 0 Å². The number of ether oxygens (including phenoxy) is 4. The highest BCUT2D eigenvalue weighted by atomic mass is 16.7. The molecule has 11 nitrogen and oxygen atoms in total. The van der Waals surface area contributed by atoms with Crippen LogP contribution >= 0.6 is 0 Å². The Kier molecular flexibility index (Phi) is 8.12. The largest absolute Gasteiger partial charge is 0.394 e. The lowest BCUT2D eigenvalue weighted by atomic mass is 9.90. The monoisotopic (exact) mass is 383 g/mol. The summed E-state index contributed by atoms with van der Waals surface area (Å²) < 4.78 is 21.5. The molecule has 0 radical (unpaired) electrons. The molecule has 0 aromatic heterocycles. The predicted octanol–water partition coefficient (Wildman–Crippen LogP) is -4.14. The number of rotatable bonds is 7. The zero-order valence-electron chi connectivity index (χ0n) is 14.5. The number of nitrogens with two attached hydrogens (primary N) is 1. The quantitative estimate of drug-likeness (QED) is 0.226. The van der Waals surface area contributed by atoms with E-state index in [4.69, 9.17) is 24.7 Å². The van der Waals surface area contributed by atoms with Gasteiger partial charge in [0, 0.05) is 12.5 Å². The number of aliphatic hydroxyl groups is 6. The van der Waals surface area contributed by atoms with Crippen molar-refractivity contribution < 1.29 is 49.6 Å². The van der Waals surface area contributed by atoms with Crippen molar-refractivity contribution in [3.05, 3.63) is 0 Å². The van der Waals surface area contributed by atoms with Gasteiger partial charge in [-0.15, -0.1) is 0 Å². The molecule has 10 atom stereocenters. The minimum atomic E-state index is -1.45. The second-order valence-electron chi connectivity index (χ2n) is 6.53. The highest BCUT2D eigenvalue weighted by Crippen LogP contribution is 2.31. The van der Waals surface area contributed by atoms with Crippen molar-refractivity contribution in [3.8, 4) is 0 Å². The van der Waals surface area contributed by atoms with Gasteiger partial charge in [-0.05, 0) is 0 Å². The van der Waals surface area contributed by atoms with E-state index in [0.29, 0.717) is 0 Å². The maximum absolute atomic E-state index is 10.4. The summed E-state index contributed by atoms with van der Waals surface area (Å²) in [7, 11) is 0. The van der Waals surface area contributed by atoms with E-state index in [0.717, 1.165) is 0 Å². The van der Waals surface area contributed by atoms with Crippen molar-refractivity contribution >= 4 is 0 Å². The molecule has 2 aliphatic heterocycles. The van der Waals surface area contributed by atoms with Gasteiger partial charge in [0.15, 0.2) is 12.6 Å². The summed E-state index contributed by atoms with van der Waals surface area (Å²) in [6.07, 6.45) is -11.2. The van der Waals surface area contributed by atoms with Crippen LogP contribution in [0.5, 0.6) is 0 Å². The molecule has 2 saturated heterocycles. The van der Waals surface area contributed by atoms with Gasteiger partial charge in [-0.1, -0.05) is 6.92 Å². The molecule has 0 amide bonds. The summed E-state index contributed by atoms with van der Waals surface area (Å²) in [4.78, 5) is 0. The fourth-order valence-electron chi connectivity index (χ4n) is 3.08. The first-order chi connectivity index (χ1) is 12.3. The van der Waals surface area contributed by atoms with Gasteiger partial charge in [0.1, 0.15) is 36.6 Å². The SMILES string of the molecule is C[C@@H]1[C@H](O)[C@@H](O[C@@H]2[C@H](O)[C@H](OCCN)O[C@H](CO)[C@H]2O)O[C@H](CO)[C@H]1O. The first-order valence-electron chi connectivity index (χ1n) is 8.57. The van der Waals surface area contributed by atoms with Gasteiger partial charge in [0.25, 0.3) is 0 Å². The number of hydrogen-bond donors (Lipinski definition) is 7. The maximum atomic E-state index is 10.4. The molecule has 2 heterocycles. The van der Waals surface area contributed by atoms with Gasteiger partial charge in [-0.25, -0.2) is 0 Å². The first-order valence-corrected chi connectivity index (χ1v) is 8.57. The van der Waals surface area contributed by atoms with Gasteiger partial charge in [0.05, 0.1) is 25.9 Å². The van der Waals surface area contributed by atoms with Crippen molar-refractivity contribution in [1.29, 1.82) is 0 Å². The van der Waals surface area contributed by atoms with Gasteiger partial charge in [0.2, 0.25) is 0 Å². The normalized spacial score (nSPS) is 47.1. The van der Waals surface area contributed by atoms with Gasteiger partial charge in [-0.3, -0.25) is 0 Å². The van der Waals surface area contributed by atoms with E-state index in [1.807, 2.05) is 0 Å². The summed E-state index contributed by atoms with van der Waals surface area (Å²) in [5, 5.41) is 59.6. The van der Waals surface area contributed by atoms with Crippen LogP contribution in [0.2, 0.25) is 0 Å². The Labute approximate surface area is 150 Å². The van der Waals surface area contributed by atoms with Gasteiger partial charge in [-0.2, -0.15) is 0 Å². The molecular formula is C15H29NO10. The minimum Gasteiger partial charge on any atom is -0.394 e. The Hall–Kier alpha value is -0.440. The van der Waals surface area contributed by atoms with Gasteiger partial charge < -0.3 is 55.3 Å². The Morgan fingerprint density at radius 3 is 2.00 bits per heavy atom. The van der Waals surface area contributed by atoms with E-state index in [9.17, 15) is 30.6 Å². The van der Waals surface area contributed by atoms with Crippen LogP contribution in [0, 0.1) is 5.92 Å². The molecule has 0 bridgehead atoms. The molecule has 8 N–H and O–H groups in total. The topological polar surface area (TPSA) is 184 Å². The molecule has 0 unspecified atom stereocenters. The van der Waals surface area contributed by atoms with Crippen molar-refractivity contribution in [2.45, 2.75) is 62.2 Å². The highest BCUT2D eigenvalue weighted by Gasteiger charge is 2.50. The van der Waals surface area contributed by atoms with Crippen LogP contribution in [0.25, 0.3) is 0 Å². The summed E-state index contributed by atoms with van der Waals surface area (Å²) in [6, 6.07) is 0. The predicted molar refractivity (Wildman–Crippen MR) is 84.6 cm³/mol. The zero-order valence-corrected chi connectivity index (χ0v) is 14.5. The smallest absolute Gasteiger partial charge is 0.186 e. The molecule has 0 aliphatic carbocycles. The third kappa shape index (κ3) is 4.51. The minimum absolute atomic E-state index is 0.0705. The summed E-state index contributed by atoms with van der Waals surface area (Å²) in [5.41, 5.74) is 5.35. The Bertz CT molecular complexity index is 427. The fraction of sp³-hybridized carbons (Fsp3) is 1.00. The molecule has 11 heteroatoms. The molecule has 0 spiro atoms. The molecule has 0 saturated carbocycles. The fourth-order valence-corrected chi connectivity index (χ4v) is 3.08. The summed E-state index contributed by atoms with van der Waals surface area (Å²) in [6.45, 7) is 0.734. The second kappa shape index (κ2) is 9.66. The van der Waals surface area contributed by atoms with Crippen LogP contribution in [0.15, 0.2) is 0 Å². The van der Waals surface area contributed by atoms with Crippen LogP contribution in [0.4, 0.5) is 0 Å². The first kappa shape index (κ1) is 21.9. The average molecular weight is 383 g/mol. The second-order valence-corrected chi connectivity index (χ2v) is 6.53. The molecule has 26 heavy (non-hydrogen) atoms. The van der Waals surface area contributed by atoms with Crippen molar-refractivity contribution in [2.24, 2.45) is 11.7 Å². The molecule has 2 aliphatic rings. The number of hydrogen-bond acceptors (Lipinski definition) is 11. The Morgan fingerprint density at radius 1 is 0.846 bits per heavy atom. The third-order valence-electron chi connectivity index (χ3n) is 4.74. The van der Waals surface area contributed by atoms with Gasteiger partial charge >= 0.3 is 0 Å². The molecule has 2 fully saturated rings. The van der Waals surface area contributed by atoms with Crippen LogP contribution in [-0.4, -0.2) is 112 Å². The zero-order chi connectivity index (χ0) is 19.4. The van der Waals surface area contributed by atoms with E-state index in [-0.39, 0.29) is 13.2 Å². The lowest BCUT2D eigenvalue weighted by Crippen LogP contribution is -2.63. The van der Waals surface area contributed by atoms with E-state index < -0.39 is 74.4 Å². The molecule has 0 aromatic carbocycles.